The number of carbonyl (C=O) groups is 1. The van der Waals surface area contributed by atoms with Crippen LogP contribution in [0, 0.1) is 0 Å². The summed E-state index contributed by atoms with van der Waals surface area (Å²) < 4.78 is 4.93. The molecule has 0 fully saturated rings. The number of phenols is 1. The fourth-order valence-corrected chi connectivity index (χ4v) is 1.72. The zero-order chi connectivity index (χ0) is 14.0. The predicted molar refractivity (Wildman–Crippen MR) is 65.7 cm³/mol. The van der Waals surface area contributed by atoms with E-state index < -0.39 is 17.6 Å². The molecule has 1 heterocycles. The largest absolute Gasteiger partial charge is 0.507 e. The Morgan fingerprint density at radius 3 is 2.74 bits per heavy atom. The average molecular weight is 264 g/mol. The molecule has 0 saturated heterocycles. The van der Waals surface area contributed by atoms with Crippen molar-refractivity contribution in [2.75, 3.05) is 0 Å². The number of aromatic amines is 1. The van der Waals surface area contributed by atoms with Gasteiger partial charge in [0.05, 0.1) is 5.56 Å². The Morgan fingerprint density at radius 2 is 2.11 bits per heavy atom. The topological polar surface area (TPSA) is 130 Å². The number of hydrogen-bond donors (Lipinski definition) is 4. The maximum atomic E-state index is 11.7. The quantitative estimate of drug-likeness (QED) is 0.628. The molecule has 0 bridgehead atoms. The maximum absolute atomic E-state index is 11.7. The molecular weight excluding hydrogens is 252 g/mol. The summed E-state index contributed by atoms with van der Waals surface area (Å²) >= 11 is 0. The Labute approximate surface area is 107 Å². The number of carboxylic acid groups (broad SMARTS) is 1. The monoisotopic (exact) mass is 264 g/mol. The minimum absolute atomic E-state index is 0.0924. The summed E-state index contributed by atoms with van der Waals surface area (Å²) in [6, 6.07) is 5.01. The lowest BCUT2D eigenvalue weighted by Crippen LogP contribution is -2.32. The molecule has 2 rings (SSSR count). The Hall–Kier alpha value is -2.54. The average Bonchev–Trinajstić information content (AvgIpc) is 2.71. The molecule has 7 nitrogen and oxygen atoms in total. The van der Waals surface area contributed by atoms with Crippen LogP contribution in [0.4, 0.5) is 0 Å². The van der Waals surface area contributed by atoms with Gasteiger partial charge in [0.25, 0.3) is 5.56 Å². The molecule has 0 saturated carbocycles. The van der Waals surface area contributed by atoms with Crippen LogP contribution in [0.25, 0.3) is 11.1 Å². The lowest BCUT2D eigenvalue weighted by molar-refractivity contribution is -0.138. The van der Waals surface area contributed by atoms with Crippen LogP contribution in [-0.4, -0.2) is 27.4 Å². The summed E-state index contributed by atoms with van der Waals surface area (Å²) in [5.74, 6) is -1.20. The molecule has 0 spiro atoms. The molecule has 1 atom stereocenters. The lowest BCUT2D eigenvalue weighted by Gasteiger charge is -2.06. The van der Waals surface area contributed by atoms with Crippen LogP contribution < -0.4 is 11.3 Å². The standard InChI is InChI=1S/C12H12N2O5/c13-7(12(17)18)5-9-10(11(16)14-19-9)6-3-1-2-4-8(6)15/h1-4,7,15H,5,13H2,(H,14,16)(H,17,18)/t7-/m1/s1. The summed E-state index contributed by atoms with van der Waals surface area (Å²) in [6.07, 6.45) is -0.155. The molecular formula is C12H12N2O5. The normalized spacial score (nSPS) is 12.3. The van der Waals surface area contributed by atoms with Crippen molar-refractivity contribution in [2.24, 2.45) is 5.73 Å². The highest BCUT2D eigenvalue weighted by molar-refractivity contribution is 5.75. The third-order valence-corrected chi connectivity index (χ3v) is 2.67. The van der Waals surface area contributed by atoms with E-state index >= 15 is 0 Å². The number of aliphatic carboxylic acids is 1. The minimum Gasteiger partial charge on any atom is -0.507 e. The van der Waals surface area contributed by atoms with E-state index in [2.05, 4.69) is 5.16 Å². The van der Waals surface area contributed by atoms with Crippen molar-refractivity contribution in [3.63, 3.8) is 0 Å². The van der Waals surface area contributed by atoms with E-state index in [1.165, 1.54) is 12.1 Å². The molecule has 0 amide bonds. The zero-order valence-electron chi connectivity index (χ0n) is 9.79. The van der Waals surface area contributed by atoms with E-state index in [1.54, 1.807) is 12.1 Å². The molecule has 19 heavy (non-hydrogen) atoms. The van der Waals surface area contributed by atoms with Gasteiger partial charge in [0, 0.05) is 12.0 Å². The number of H-pyrrole nitrogens is 1. The van der Waals surface area contributed by atoms with Crippen LogP contribution in [0.1, 0.15) is 5.76 Å². The Balaban J connectivity index is 2.47. The van der Waals surface area contributed by atoms with E-state index in [-0.39, 0.29) is 29.1 Å². The summed E-state index contributed by atoms with van der Waals surface area (Å²) in [7, 11) is 0. The first-order valence-electron chi connectivity index (χ1n) is 5.47. The molecule has 7 heteroatoms. The third kappa shape index (κ3) is 2.50. The molecule has 0 aliphatic heterocycles. The number of hydrogen-bond acceptors (Lipinski definition) is 5. The van der Waals surface area contributed by atoms with Crippen LogP contribution in [-0.2, 0) is 11.2 Å². The van der Waals surface area contributed by atoms with Gasteiger partial charge in [-0.3, -0.25) is 9.59 Å². The van der Waals surface area contributed by atoms with E-state index in [9.17, 15) is 14.7 Å². The summed E-state index contributed by atoms with van der Waals surface area (Å²) in [6.45, 7) is 0. The predicted octanol–water partition coefficient (Wildman–Crippen LogP) is 0.295. The van der Waals surface area contributed by atoms with Gasteiger partial charge < -0.3 is 20.5 Å². The van der Waals surface area contributed by atoms with E-state index in [0.29, 0.717) is 0 Å². The first-order valence-corrected chi connectivity index (χ1v) is 5.47. The Morgan fingerprint density at radius 1 is 1.42 bits per heavy atom. The first-order chi connectivity index (χ1) is 9.00. The highest BCUT2D eigenvalue weighted by atomic mass is 16.5. The van der Waals surface area contributed by atoms with Crippen molar-refractivity contribution in [3.8, 4) is 16.9 Å². The second kappa shape index (κ2) is 4.99. The number of benzene rings is 1. The van der Waals surface area contributed by atoms with Crippen molar-refractivity contribution in [1.29, 1.82) is 0 Å². The van der Waals surface area contributed by atoms with E-state index in [1.807, 2.05) is 0 Å². The number of para-hydroxylation sites is 1. The minimum atomic E-state index is -1.20. The third-order valence-electron chi connectivity index (χ3n) is 2.67. The summed E-state index contributed by atoms with van der Waals surface area (Å²) in [5, 5.41) is 20.6. The first kappa shape index (κ1) is 12.9. The van der Waals surface area contributed by atoms with Crippen LogP contribution in [0.15, 0.2) is 33.6 Å². The second-order valence-corrected chi connectivity index (χ2v) is 4.00. The molecule has 1 aromatic carbocycles. The Bertz CT molecular complexity index is 658. The maximum Gasteiger partial charge on any atom is 0.320 e. The molecule has 0 unspecified atom stereocenters. The van der Waals surface area contributed by atoms with Crippen molar-refractivity contribution < 1.29 is 19.5 Å². The smallest absolute Gasteiger partial charge is 0.320 e. The molecule has 2 aromatic rings. The number of nitrogens with one attached hydrogen (secondary N) is 1. The molecule has 0 radical (unpaired) electrons. The number of aromatic hydroxyl groups is 1. The van der Waals surface area contributed by atoms with Gasteiger partial charge in [-0.05, 0) is 6.07 Å². The van der Waals surface area contributed by atoms with Crippen LogP contribution in [0.5, 0.6) is 5.75 Å². The molecule has 1 aromatic heterocycles. The summed E-state index contributed by atoms with van der Waals surface area (Å²) in [4.78, 5) is 22.4. The van der Waals surface area contributed by atoms with E-state index in [0.717, 1.165) is 0 Å². The molecule has 100 valence electrons. The van der Waals surface area contributed by atoms with Gasteiger partial charge in [-0.1, -0.05) is 18.2 Å². The van der Waals surface area contributed by atoms with Gasteiger partial charge in [-0.2, -0.15) is 5.16 Å². The fraction of sp³-hybridized carbons (Fsp3) is 0.167. The lowest BCUT2D eigenvalue weighted by atomic mass is 10.0. The number of carboxylic acids is 1. The molecule has 0 aliphatic rings. The van der Waals surface area contributed by atoms with Gasteiger partial charge in [-0.15, -0.1) is 0 Å². The number of phenolic OH excluding ortho intramolecular Hbond substituents is 1. The zero-order valence-corrected chi connectivity index (χ0v) is 9.79. The van der Waals surface area contributed by atoms with Crippen molar-refractivity contribution in [1.82, 2.24) is 5.16 Å². The van der Waals surface area contributed by atoms with Gasteiger partial charge in [0.15, 0.2) is 0 Å². The summed E-state index contributed by atoms with van der Waals surface area (Å²) in [5.41, 5.74) is 5.22. The Kier molecular flexibility index (Phi) is 3.39. The number of aromatic nitrogens is 1. The van der Waals surface area contributed by atoms with E-state index in [4.69, 9.17) is 15.4 Å². The van der Waals surface area contributed by atoms with Gasteiger partial charge >= 0.3 is 5.97 Å². The highest BCUT2D eigenvalue weighted by Gasteiger charge is 2.22. The van der Waals surface area contributed by atoms with Crippen molar-refractivity contribution >= 4 is 5.97 Å². The highest BCUT2D eigenvalue weighted by Crippen LogP contribution is 2.29. The molecule has 0 aliphatic carbocycles. The second-order valence-electron chi connectivity index (χ2n) is 4.00. The van der Waals surface area contributed by atoms with Crippen LogP contribution in [0.2, 0.25) is 0 Å². The van der Waals surface area contributed by atoms with Crippen LogP contribution >= 0.6 is 0 Å². The SMILES string of the molecule is N[C@H](Cc1o[nH]c(=O)c1-c1ccccc1O)C(=O)O. The number of nitrogens with two attached hydrogens (primary N) is 1. The number of rotatable bonds is 4. The van der Waals surface area contributed by atoms with Gasteiger partial charge in [-0.25, -0.2) is 0 Å². The van der Waals surface area contributed by atoms with Crippen molar-refractivity contribution in [3.05, 3.63) is 40.4 Å². The fourth-order valence-electron chi connectivity index (χ4n) is 1.72. The van der Waals surface area contributed by atoms with Crippen molar-refractivity contribution in [2.45, 2.75) is 12.5 Å². The van der Waals surface area contributed by atoms with Crippen LogP contribution in [0.3, 0.4) is 0 Å². The van der Waals surface area contributed by atoms with Gasteiger partial charge in [0.1, 0.15) is 17.6 Å². The molecule has 5 N–H and O–H groups in total. The van der Waals surface area contributed by atoms with Gasteiger partial charge in [0.2, 0.25) is 0 Å².